The van der Waals surface area contributed by atoms with Crippen LogP contribution in [0.25, 0.3) is 0 Å². The smallest absolute Gasteiger partial charge is 0.225 e. The monoisotopic (exact) mass is 240 g/mol. The summed E-state index contributed by atoms with van der Waals surface area (Å²) in [7, 11) is 0. The lowest BCUT2D eigenvalue weighted by Gasteiger charge is -2.25. The van der Waals surface area contributed by atoms with Crippen LogP contribution in [0.2, 0.25) is 0 Å². The fourth-order valence-electron chi connectivity index (χ4n) is 2.63. The second-order valence-electron chi connectivity index (χ2n) is 5.53. The van der Waals surface area contributed by atoms with Gasteiger partial charge >= 0.3 is 0 Å². The first-order valence-corrected chi connectivity index (χ1v) is 6.77. The number of rotatable bonds is 3. The van der Waals surface area contributed by atoms with Crippen molar-refractivity contribution < 1.29 is 9.53 Å². The standard InChI is InChI=1S/C13H24N2O2/c1-10(2)11-3-5-15(9-11)13(16)7-12-8-14-4-6-17-12/h10-12,14H,3-9H2,1-2H3. The van der Waals surface area contributed by atoms with Gasteiger partial charge in [-0.05, 0) is 18.3 Å². The van der Waals surface area contributed by atoms with Crippen LogP contribution < -0.4 is 5.32 Å². The van der Waals surface area contributed by atoms with Gasteiger partial charge in [0.05, 0.1) is 19.1 Å². The number of morpholine rings is 1. The Morgan fingerprint density at radius 1 is 1.53 bits per heavy atom. The van der Waals surface area contributed by atoms with Crippen molar-refractivity contribution in [3.05, 3.63) is 0 Å². The van der Waals surface area contributed by atoms with Crippen molar-refractivity contribution >= 4 is 5.91 Å². The van der Waals surface area contributed by atoms with E-state index in [2.05, 4.69) is 19.2 Å². The molecule has 0 saturated carbocycles. The molecule has 2 rings (SSSR count). The minimum atomic E-state index is 0.0781. The van der Waals surface area contributed by atoms with Crippen LogP contribution in [0.3, 0.4) is 0 Å². The van der Waals surface area contributed by atoms with Crippen LogP contribution in [0, 0.1) is 11.8 Å². The van der Waals surface area contributed by atoms with Crippen molar-refractivity contribution in [1.29, 1.82) is 0 Å². The molecule has 2 saturated heterocycles. The molecule has 2 unspecified atom stereocenters. The molecule has 98 valence electrons. The molecule has 0 radical (unpaired) electrons. The Morgan fingerprint density at radius 2 is 2.35 bits per heavy atom. The number of nitrogens with zero attached hydrogens (tertiary/aromatic N) is 1. The SMILES string of the molecule is CC(C)C1CCN(C(=O)CC2CNCCO2)C1. The highest BCUT2D eigenvalue weighted by Crippen LogP contribution is 2.24. The summed E-state index contributed by atoms with van der Waals surface area (Å²) >= 11 is 0. The Morgan fingerprint density at radius 3 is 2.94 bits per heavy atom. The third kappa shape index (κ3) is 3.42. The lowest BCUT2D eigenvalue weighted by Crippen LogP contribution is -2.42. The number of amides is 1. The van der Waals surface area contributed by atoms with E-state index >= 15 is 0 Å². The van der Waals surface area contributed by atoms with Gasteiger partial charge in [0.2, 0.25) is 5.91 Å². The van der Waals surface area contributed by atoms with Gasteiger partial charge < -0.3 is 15.0 Å². The fourth-order valence-corrected chi connectivity index (χ4v) is 2.63. The Bertz CT molecular complexity index is 262. The van der Waals surface area contributed by atoms with Crippen LogP contribution in [0.15, 0.2) is 0 Å². The largest absolute Gasteiger partial charge is 0.375 e. The van der Waals surface area contributed by atoms with E-state index in [0.29, 0.717) is 18.3 Å². The highest BCUT2D eigenvalue weighted by molar-refractivity contribution is 5.77. The molecule has 1 N–H and O–H groups in total. The molecule has 2 aliphatic heterocycles. The molecular formula is C13H24N2O2. The molecule has 4 heteroatoms. The maximum absolute atomic E-state index is 12.1. The van der Waals surface area contributed by atoms with Gasteiger partial charge in [0.1, 0.15) is 0 Å². The predicted molar refractivity (Wildman–Crippen MR) is 66.8 cm³/mol. The number of likely N-dealkylation sites (tertiary alicyclic amines) is 1. The van der Waals surface area contributed by atoms with Gasteiger partial charge in [-0.3, -0.25) is 4.79 Å². The zero-order valence-electron chi connectivity index (χ0n) is 10.9. The van der Waals surface area contributed by atoms with Crippen molar-refractivity contribution in [3.8, 4) is 0 Å². The molecule has 2 atom stereocenters. The van der Waals surface area contributed by atoms with Gasteiger partial charge in [0.25, 0.3) is 0 Å². The molecule has 0 aromatic heterocycles. The molecule has 2 fully saturated rings. The summed E-state index contributed by atoms with van der Waals surface area (Å²) in [4.78, 5) is 14.1. The van der Waals surface area contributed by atoms with Crippen LogP contribution in [-0.4, -0.2) is 49.7 Å². The molecule has 17 heavy (non-hydrogen) atoms. The van der Waals surface area contributed by atoms with E-state index in [0.717, 1.165) is 39.2 Å². The summed E-state index contributed by atoms with van der Waals surface area (Å²) in [6.45, 7) is 8.81. The van der Waals surface area contributed by atoms with E-state index in [9.17, 15) is 4.79 Å². The van der Waals surface area contributed by atoms with Crippen molar-refractivity contribution in [2.75, 3.05) is 32.8 Å². The van der Waals surface area contributed by atoms with E-state index in [1.165, 1.54) is 0 Å². The van der Waals surface area contributed by atoms with E-state index in [1.807, 2.05) is 4.90 Å². The molecule has 2 aliphatic rings. The summed E-state index contributed by atoms with van der Waals surface area (Å²) in [5, 5.41) is 3.26. The maximum atomic E-state index is 12.1. The number of hydrogen-bond donors (Lipinski definition) is 1. The summed E-state index contributed by atoms with van der Waals surface area (Å²) in [6.07, 6.45) is 1.78. The van der Waals surface area contributed by atoms with Gasteiger partial charge in [-0.2, -0.15) is 0 Å². The van der Waals surface area contributed by atoms with Crippen LogP contribution in [0.1, 0.15) is 26.7 Å². The van der Waals surface area contributed by atoms with E-state index in [4.69, 9.17) is 4.74 Å². The average molecular weight is 240 g/mol. The molecule has 2 heterocycles. The van der Waals surface area contributed by atoms with Crippen LogP contribution in [-0.2, 0) is 9.53 Å². The number of nitrogens with one attached hydrogen (secondary N) is 1. The lowest BCUT2D eigenvalue weighted by molar-refractivity contribution is -0.133. The Labute approximate surface area is 104 Å². The zero-order chi connectivity index (χ0) is 12.3. The molecule has 1 amide bonds. The Hall–Kier alpha value is -0.610. The molecule has 0 aromatic rings. The lowest BCUT2D eigenvalue weighted by atomic mass is 9.95. The average Bonchev–Trinajstić information content (AvgIpc) is 2.79. The fraction of sp³-hybridized carbons (Fsp3) is 0.923. The van der Waals surface area contributed by atoms with Gasteiger partial charge in [-0.15, -0.1) is 0 Å². The molecular weight excluding hydrogens is 216 g/mol. The van der Waals surface area contributed by atoms with Gasteiger partial charge in [-0.1, -0.05) is 13.8 Å². The van der Waals surface area contributed by atoms with Crippen molar-refractivity contribution in [2.24, 2.45) is 11.8 Å². The summed E-state index contributed by atoms with van der Waals surface area (Å²) in [6, 6.07) is 0. The first-order valence-electron chi connectivity index (χ1n) is 6.77. The third-order valence-electron chi connectivity index (χ3n) is 3.93. The van der Waals surface area contributed by atoms with Crippen LogP contribution >= 0.6 is 0 Å². The highest BCUT2D eigenvalue weighted by Gasteiger charge is 2.29. The minimum Gasteiger partial charge on any atom is -0.375 e. The van der Waals surface area contributed by atoms with Crippen molar-refractivity contribution in [2.45, 2.75) is 32.8 Å². The molecule has 0 aliphatic carbocycles. The van der Waals surface area contributed by atoms with E-state index in [1.54, 1.807) is 0 Å². The first-order chi connectivity index (χ1) is 8.16. The molecule has 0 spiro atoms. The third-order valence-corrected chi connectivity index (χ3v) is 3.93. The second-order valence-corrected chi connectivity index (χ2v) is 5.53. The minimum absolute atomic E-state index is 0.0781. The summed E-state index contributed by atoms with van der Waals surface area (Å²) in [5.74, 6) is 1.63. The van der Waals surface area contributed by atoms with Crippen LogP contribution in [0.5, 0.6) is 0 Å². The van der Waals surface area contributed by atoms with Crippen molar-refractivity contribution in [1.82, 2.24) is 10.2 Å². The first kappa shape index (κ1) is 12.8. The number of hydrogen-bond acceptors (Lipinski definition) is 3. The Balaban J connectivity index is 1.76. The number of carbonyl (C=O) groups is 1. The maximum Gasteiger partial charge on any atom is 0.225 e. The topological polar surface area (TPSA) is 41.6 Å². The van der Waals surface area contributed by atoms with E-state index in [-0.39, 0.29) is 12.0 Å². The highest BCUT2D eigenvalue weighted by atomic mass is 16.5. The molecule has 4 nitrogen and oxygen atoms in total. The summed E-state index contributed by atoms with van der Waals surface area (Å²) in [5.41, 5.74) is 0. The van der Waals surface area contributed by atoms with Crippen LogP contribution in [0.4, 0.5) is 0 Å². The Kier molecular flexibility index (Phi) is 4.40. The predicted octanol–water partition coefficient (Wildman–Crippen LogP) is 0.869. The number of carbonyl (C=O) groups excluding carboxylic acids is 1. The quantitative estimate of drug-likeness (QED) is 0.796. The van der Waals surface area contributed by atoms with Gasteiger partial charge in [0, 0.05) is 26.2 Å². The van der Waals surface area contributed by atoms with Crippen molar-refractivity contribution in [3.63, 3.8) is 0 Å². The van der Waals surface area contributed by atoms with Gasteiger partial charge in [-0.25, -0.2) is 0 Å². The normalized spacial score (nSPS) is 29.9. The zero-order valence-corrected chi connectivity index (χ0v) is 10.9. The van der Waals surface area contributed by atoms with Gasteiger partial charge in [0.15, 0.2) is 0 Å². The second kappa shape index (κ2) is 5.83. The van der Waals surface area contributed by atoms with E-state index < -0.39 is 0 Å². The molecule has 0 aromatic carbocycles. The molecule has 0 bridgehead atoms. The summed E-state index contributed by atoms with van der Waals surface area (Å²) < 4.78 is 5.57. The number of ether oxygens (including phenoxy) is 1.